The minimum Gasteiger partial charge on any atom is -0.489 e. The molecule has 3 nitrogen and oxygen atoms in total. The summed E-state index contributed by atoms with van der Waals surface area (Å²) in [6.45, 7) is 1.53. The van der Waals surface area contributed by atoms with E-state index in [-0.39, 0.29) is 30.4 Å². The molecule has 1 saturated heterocycles. The Labute approximate surface area is 204 Å². The number of likely N-dealkylation sites (tertiary alicyclic amines) is 1. The zero-order chi connectivity index (χ0) is 24.2. The van der Waals surface area contributed by atoms with Crippen molar-refractivity contribution in [2.24, 2.45) is 0 Å². The van der Waals surface area contributed by atoms with E-state index in [9.17, 15) is 13.9 Å². The predicted octanol–water partition coefficient (Wildman–Crippen LogP) is 6.31. The molecule has 1 fully saturated rings. The standard InChI is InChI=1S/C30H27F2NO2/c31-26-10-6-22(7-11-26)24-14-25(23-8-12-27(32)13-9-23)16-29(15-24)35-30-17-28(20-34)33(19-30)18-21-4-2-1-3-5-21/h1-16,28,30,34H,17-20H2/t28-,30-/m0/s1. The number of hydrogen-bond acceptors (Lipinski definition) is 3. The Bertz CT molecular complexity index is 1200. The minimum atomic E-state index is -0.292. The quantitative estimate of drug-likeness (QED) is 0.343. The summed E-state index contributed by atoms with van der Waals surface area (Å²) in [5.41, 5.74) is 4.71. The van der Waals surface area contributed by atoms with Gasteiger partial charge in [-0.1, -0.05) is 54.6 Å². The first-order valence-corrected chi connectivity index (χ1v) is 11.8. The van der Waals surface area contributed by atoms with Crippen LogP contribution in [0.15, 0.2) is 97.1 Å². The third-order valence-electron chi connectivity index (χ3n) is 6.49. The van der Waals surface area contributed by atoms with Crippen molar-refractivity contribution in [2.75, 3.05) is 13.2 Å². The van der Waals surface area contributed by atoms with Crippen molar-refractivity contribution in [3.63, 3.8) is 0 Å². The normalized spacial score (nSPS) is 18.0. The van der Waals surface area contributed by atoms with Gasteiger partial charge >= 0.3 is 0 Å². The molecule has 0 unspecified atom stereocenters. The lowest BCUT2D eigenvalue weighted by molar-refractivity contribution is 0.152. The molecule has 0 aliphatic carbocycles. The van der Waals surface area contributed by atoms with Crippen LogP contribution in [-0.2, 0) is 6.54 Å². The summed E-state index contributed by atoms with van der Waals surface area (Å²) in [6, 6.07) is 28.8. The Kier molecular flexibility index (Phi) is 6.89. The van der Waals surface area contributed by atoms with E-state index in [2.05, 4.69) is 17.0 Å². The molecule has 0 aromatic heterocycles. The summed E-state index contributed by atoms with van der Waals surface area (Å²) in [5.74, 6) is 0.105. The minimum absolute atomic E-state index is 0.0251. The lowest BCUT2D eigenvalue weighted by atomic mass is 9.98. The molecular weight excluding hydrogens is 444 g/mol. The smallest absolute Gasteiger partial charge is 0.123 e. The Morgan fingerprint density at radius 2 is 1.31 bits per heavy atom. The highest BCUT2D eigenvalue weighted by Crippen LogP contribution is 2.34. The number of aliphatic hydroxyl groups is 1. The highest BCUT2D eigenvalue weighted by molar-refractivity contribution is 5.75. The van der Waals surface area contributed by atoms with Gasteiger partial charge in [0.1, 0.15) is 23.5 Å². The fraction of sp³-hybridized carbons (Fsp3) is 0.200. The van der Waals surface area contributed by atoms with Crippen LogP contribution in [0.4, 0.5) is 8.78 Å². The second kappa shape index (κ2) is 10.4. The molecule has 1 N–H and O–H groups in total. The number of nitrogens with zero attached hydrogens (tertiary/aromatic N) is 1. The molecule has 5 heteroatoms. The fourth-order valence-corrected chi connectivity index (χ4v) is 4.70. The average Bonchev–Trinajstić information content (AvgIpc) is 3.26. The van der Waals surface area contributed by atoms with Gasteiger partial charge in [-0.2, -0.15) is 0 Å². The van der Waals surface area contributed by atoms with Gasteiger partial charge in [-0.05, 0) is 70.3 Å². The number of ether oxygens (including phenoxy) is 1. The molecule has 1 aliphatic rings. The molecule has 2 atom stereocenters. The van der Waals surface area contributed by atoms with Crippen LogP contribution in [-0.4, -0.2) is 35.3 Å². The number of hydrogen-bond donors (Lipinski definition) is 1. The maximum Gasteiger partial charge on any atom is 0.123 e. The lowest BCUT2D eigenvalue weighted by Gasteiger charge is -2.22. The summed E-state index contributed by atoms with van der Waals surface area (Å²) < 4.78 is 33.5. The molecular formula is C30H27F2NO2. The Morgan fingerprint density at radius 3 is 1.86 bits per heavy atom. The molecule has 1 aliphatic heterocycles. The first kappa shape index (κ1) is 23.2. The van der Waals surface area contributed by atoms with Crippen LogP contribution in [0.25, 0.3) is 22.3 Å². The Balaban J connectivity index is 1.42. The molecule has 0 amide bonds. The van der Waals surface area contributed by atoms with Crippen molar-refractivity contribution >= 4 is 0 Å². The second-order valence-electron chi connectivity index (χ2n) is 8.99. The van der Waals surface area contributed by atoms with Gasteiger partial charge in [0, 0.05) is 25.6 Å². The van der Waals surface area contributed by atoms with Crippen LogP contribution in [0.2, 0.25) is 0 Å². The van der Waals surface area contributed by atoms with Crippen LogP contribution >= 0.6 is 0 Å². The first-order valence-electron chi connectivity index (χ1n) is 11.8. The maximum atomic E-state index is 13.5. The van der Waals surface area contributed by atoms with Crippen molar-refractivity contribution in [2.45, 2.75) is 25.1 Å². The molecule has 0 saturated carbocycles. The van der Waals surface area contributed by atoms with Crippen molar-refractivity contribution in [3.05, 3.63) is 114 Å². The number of benzene rings is 4. The predicted molar refractivity (Wildman–Crippen MR) is 134 cm³/mol. The van der Waals surface area contributed by atoms with Gasteiger partial charge in [0.25, 0.3) is 0 Å². The third kappa shape index (κ3) is 5.59. The molecule has 1 heterocycles. The van der Waals surface area contributed by atoms with E-state index in [0.717, 1.165) is 35.2 Å². The molecule has 178 valence electrons. The van der Waals surface area contributed by atoms with Crippen LogP contribution in [0.3, 0.4) is 0 Å². The Morgan fingerprint density at radius 1 is 0.743 bits per heavy atom. The highest BCUT2D eigenvalue weighted by atomic mass is 19.1. The van der Waals surface area contributed by atoms with E-state index in [1.165, 1.54) is 29.8 Å². The van der Waals surface area contributed by atoms with Crippen LogP contribution in [0.5, 0.6) is 5.75 Å². The van der Waals surface area contributed by atoms with Crippen molar-refractivity contribution in [1.82, 2.24) is 4.90 Å². The number of aliphatic hydroxyl groups excluding tert-OH is 1. The Hall–Kier alpha value is -3.54. The van der Waals surface area contributed by atoms with Gasteiger partial charge in [0.2, 0.25) is 0 Å². The zero-order valence-corrected chi connectivity index (χ0v) is 19.3. The van der Waals surface area contributed by atoms with Crippen molar-refractivity contribution in [1.29, 1.82) is 0 Å². The van der Waals surface area contributed by atoms with Gasteiger partial charge in [-0.15, -0.1) is 0 Å². The van der Waals surface area contributed by atoms with Crippen LogP contribution < -0.4 is 4.74 Å². The molecule has 35 heavy (non-hydrogen) atoms. The maximum absolute atomic E-state index is 13.5. The average molecular weight is 472 g/mol. The van der Waals surface area contributed by atoms with Crippen molar-refractivity contribution < 1.29 is 18.6 Å². The third-order valence-corrected chi connectivity index (χ3v) is 6.49. The fourth-order valence-electron chi connectivity index (χ4n) is 4.70. The molecule has 0 radical (unpaired) electrons. The van der Waals surface area contributed by atoms with E-state index in [1.54, 1.807) is 24.3 Å². The summed E-state index contributed by atoms with van der Waals surface area (Å²) in [4.78, 5) is 2.25. The zero-order valence-electron chi connectivity index (χ0n) is 19.3. The van der Waals surface area contributed by atoms with Gasteiger partial charge in [-0.3, -0.25) is 4.90 Å². The van der Waals surface area contributed by atoms with Crippen LogP contribution in [0.1, 0.15) is 12.0 Å². The molecule has 5 rings (SSSR count). The van der Waals surface area contributed by atoms with E-state index >= 15 is 0 Å². The molecule has 0 bridgehead atoms. The van der Waals surface area contributed by atoms with Gasteiger partial charge in [0.15, 0.2) is 0 Å². The molecule has 0 spiro atoms. The topological polar surface area (TPSA) is 32.7 Å². The number of halogens is 2. The summed E-state index contributed by atoms with van der Waals surface area (Å²) in [6.07, 6.45) is 0.635. The van der Waals surface area contributed by atoms with E-state index in [0.29, 0.717) is 12.3 Å². The monoisotopic (exact) mass is 471 g/mol. The van der Waals surface area contributed by atoms with Gasteiger partial charge in [-0.25, -0.2) is 8.78 Å². The first-order chi connectivity index (χ1) is 17.1. The van der Waals surface area contributed by atoms with Gasteiger partial charge < -0.3 is 9.84 Å². The second-order valence-corrected chi connectivity index (χ2v) is 8.99. The summed E-state index contributed by atoms with van der Waals surface area (Å²) in [7, 11) is 0. The van der Waals surface area contributed by atoms with Crippen LogP contribution in [0, 0.1) is 11.6 Å². The molecule has 4 aromatic rings. The van der Waals surface area contributed by atoms with E-state index < -0.39 is 0 Å². The lowest BCUT2D eigenvalue weighted by Crippen LogP contribution is -2.32. The largest absolute Gasteiger partial charge is 0.489 e. The van der Waals surface area contributed by atoms with Crippen molar-refractivity contribution in [3.8, 4) is 28.0 Å². The van der Waals surface area contributed by atoms with E-state index in [1.807, 2.05) is 36.4 Å². The molecule has 4 aromatic carbocycles. The summed E-state index contributed by atoms with van der Waals surface area (Å²) >= 11 is 0. The number of rotatable bonds is 7. The summed E-state index contributed by atoms with van der Waals surface area (Å²) in [5, 5.41) is 9.97. The highest BCUT2D eigenvalue weighted by Gasteiger charge is 2.33. The van der Waals surface area contributed by atoms with Gasteiger partial charge in [0.05, 0.1) is 6.61 Å². The SMILES string of the molecule is OC[C@@H]1C[C@H](Oc2cc(-c3ccc(F)cc3)cc(-c3ccc(F)cc3)c2)CN1Cc1ccccc1. The van der Waals surface area contributed by atoms with E-state index in [4.69, 9.17) is 4.74 Å².